The number of nitrogens with zero attached hydrogens (tertiary/aromatic N) is 2. The van der Waals surface area contributed by atoms with E-state index in [1.807, 2.05) is 11.6 Å². The predicted molar refractivity (Wildman–Crippen MR) is 89.2 cm³/mol. The van der Waals surface area contributed by atoms with E-state index in [0.717, 1.165) is 29.6 Å². The molecule has 0 radical (unpaired) electrons. The first-order valence-electron chi connectivity index (χ1n) is 6.72. The molecule has 0 saturated heterocycles. The van der Waals surface area contributed by atoms with Crippen molar-refractivity contribution in [1.29, 1.82) is 0 Å². The molecule has 0 amide bonds. The van der Waals surface area contributed by atoms with Crippen molar-refractivity contribution >= 4 is 34.4 Å². The van der Waals surface area contributed by atoms with Crippen LogP contribution in [0.2, 0.25) is 5.02 Å². The zero-order chi connectivity index (χ0) is 17.6. The fraction of sp³-hybridized carbons (Fsp3) is 0.267. The van der Waals surface area contributed by atoms with E-state index in [-0.39, 0.29) is 17.0 Å². The molecular weight excluding hydrogens is 341 g/mol. The Morgan fingerprint density at radius 2 is 1.83 bits per heavy atom. The summed E-state index contributed by atoms with van der Waals surface area (Å²) >= 11 is 5.75. The molecule has 0 saturated carbocycles. The van der Waals surface area contributed by atoms with Gasteiger partial charge in [-0.3, -0.25) is 4.68 Å². The summed E-state index contributed by atoms with van der Waals surface area (Å²) in [5.74, 6) is -2.90. The number of carbonyl (C=O) groups is 2. The second kappa shape index (κ2) is 9.64. The van der Waals surface area contributed by atoms with E-state index in [9.17, 15) is 14.0 Å². The van der Waals surface area contributed by atoms with Gasteiger partial charge in [0.2, 0.25) is 0 Å². The van der Waals surface area contributed by atoms with Crippen LogP contribution in [0, 0.1) is 12.7 Å². The molecule has 0 atom stereocenters. The van der Waals surface area contributed by atoms with Gasteiger partial charge in [0.05, 0.1) is 16.2 Å². The van der Waals surface area contributed by atoms with Crippen LogP contribution in [0.4, 0.5) is 4.39 Å². The molecule has 24 heavy (non-hydrogen) atoms. The van der Waals surface area contributed by atoms with E-state index < -0.39 is 11.9 Å². The summed E-state index contributed by atoms with van der Waals surface area (Å²) in [5, 5.41) is 21.0. The van der Waals surface area contributed by atoms with E-state index in [1.165, 1.54) is 6.07 Å². The van der Waals surface area contributed by atoms with Gasteiger partial charge in [-0.1, -0.05) is 18.5 Å². The highest BCUT2D eigenvalue weighted by Crippen LogP contribution is 2.25. The molecule has 1 heterocycles. The number of halogens is 2. The van der Waals surface area contributed by atoms with Crippen LogP contribution in [0.5, 0.6) is 0 Å². The van der Waals surface area contributed by atoms with Crippen LogP contribution >= 0.6 is 11.6 Å². The van der Waals surface area contributed by atoms with E-state index >= 15 is 0 Å². The van der Waals surface area contributed by atoms with Crippen molar-refractivity contribution < 1.29 is 24.2 Å². The highest BCUT2D eigenvalue weighted by atomic mass is 35.5. The molecule has 0 bridgehead atoms. The van der Waals surface area contributed by atoms with Gasteiger partial charge >= 0.3 is 11.9 Å². The Balaban J connectivity index is 0.000000510. The van der Waals surface area contributed by atoms with Crippen LogP contribution < -0.4 is 6.15 Å². The number of aryl methyl sites for hydroxylation is 2. The van der Waals surface area contributed by atoms with Crippen molar-refractivity contribution in [2.45, 2.75) is 26.8 Å². The fourth-order valence-corrected chi connectivity index (χ4v) is 2.01. The SMILES string of the molecule is CCCn1nc(C)c2cc(F)c(Cl)cc21.N.O=C(O)C=CC(=O)O. The van der Waals surface area contributed by atoms with Crippen molar-refractivity contribution in [2.24, 2.45) is 0 Å². The van der Waals surface area contributed by atoms with E-state index in [2.05, 4.69) is 12.0 Å². The maximum atomic E-state index is 13.3. The Bertz CT molecular complexity index is 743. The number of benzene rings is 1. The number of aromatic nitrogens is 2. The third-order valence-corrected chi connectivity index (χ3v) is 3.07. The lowest BCUT2D eigenvalue weighted by Crippen LogP contribution is -1.98. The van der Waals surface area contributed by atoms with E-state index in [0.29, 0.717) is 12.2 Å². The Morgan fingerprint density at radius 3 is 2.29 bits per heavy atom. The van der Waals surface area contributed by atoms with Gasteiger partial charge in [-0.25, -0.2) is 14.0 Å². The Labute approximate surface area is 142 Å². The van der Waals surface area contributed by atoms with Gasteiger partial charge in [-0.15, -0.1) is 0 Å². The first-order chi connectivity index (χ1) is 10.8. The number of fused-ring (bicyclic) bond motifs is 1. The molecule has 9 heteroatoms. The van der Waals surface area contributed by atoms with Crippen LogP contribution in [0.1, 0.15) is 19.0 Å². The number of hydrogen-bond donors (Lipinski definition) is 3. The van der Waals surface area contributed by atoms with Gasteiger partial charge in [-0.05, 0) is 25.5 Å². The summed E-state index contributed by atoms with van der Waals surface area (Å²) in [6.07, 6.45) is 2.11. The van der Waals surface area contributed by atoms with Gasteiger partial charge < -0.3 is 16.4 Å². The molecule has 132 valence electrons. The molecule has 0 aliphatic heterocycles. The van der Waals surface area contributed by atoms with Crippen LogP contribution in [-0.4, -0.2) is 31.9 Å². The van der Waals surface area contributed by atoms with Gasteiger partial charge in [0.1, 0.15) is 5.82 Å². The monoisotopic (exact) mass is 359 g/mol. The quantitative estimate of drug-likeness (QED) is 0.717. The minimum Gasteiger partial charge on any atom is -0.478 e. The lowest BCUT2D eigenvalue weighted by molar-refractivity contribution is -0.134. The molecule has 7 nitrogen and oxygen atoms in total. The van der Waals surface area contributed by atoms with Crippen LogP contribution in [0.3, 0.4) is 0 Å². The van der Waals surface area contributed by atoms with Gasteiger partial charge in [0, 0.05) is 24.1 Å². The molecular formula is C15H19ClFN3O4. The molecule has 1 aromatic carbocycles. The highest BCUT2D eigenvalue weighted by molar-refractivity contribution is 6.31. The molecule has 0 fully saturated rings. The van der Waals surface area contributed by atoms with Crippen molar-refractivity contribution in [3.05, 3.63) is 40.8 Å². The van der Waals surface area contributed by atoms with Crippen LogP contribution in [0.25, 0.3) is 10.9 Å². The fourth-order valence-electron chi connectivity index (χ4n) is 1.85. The van der Waals surface area contributed by atoms with Crippen molar-refractivity contribution in [3.63, 3.8) is 0 Å². The van der Waals surface area contributed by atoms with Crippen LogP contribution in [0.15, 0.2) is 24.3 Å². The largest absolute Gasteiger partial charge is 0.478 e. The zero-order valence-corrected chi connectivity index (χ0v) is 14.0. The maximum absolute atomic E-state index is 13.3. The molecule has 0 aliphatic rings. The summed E-state index contributed by atoms with van der Waals surface area (Å²) in [6, 6.07) is 3.09. The first kappa shape index (κ1) is 21.6. The number of carboxylic acid groups (broad SMARTS) is 2. The molecule has 0 aliphatic carbocycles. The normalized spacial score (nSPS) is 10.2. The molecule has 2 rings (SSSR count). The number of carboxylic acids is 2. The average molecular weight is 360 g/mol. The van der Waals surface area contributed by atoms with Crippen molar-refractivity contribution in [1.82, 2.24) is 15.9 Å². The zero-order valence-electron chi connectivity index (χ0n) is 13.3. The maximum Gasteiger partial charge on any atom is 0.328 e. The van der Waals surface area contributed by atoms with E-state index in [4.69, 9.17) is 21.8 Å². The smallest absolute Gasteiger partial charge is 0.328 e. The molecule has 0 spiro atoms. The van der Waals surface area contributed by atoms with Crippen LogP contribution in [-0.2, 0) is 16.1 Å². The Morgan fingerprint density at radius 1 is 1.29 bits per heavy atom. The standard InChI is InChI=1S/C11H12ClFN2.C4H4O4.H3N/c1-3-4-15-11-6-9(12)10(13)5-8(11)7(2)14-15;5-3(6)1-2-4(7)8;/h5-6H,3-4H2,1-2H3;1-2H,(H,5,6)(H,7,8);1H3. The summed E-state index contributed by atoms with van der Waals surface area (Å²) in [6.45, 7) is 4.78. The lowest BCUT2D eigenvalue weighted by Gasteiger charge is -2.01. The summed E-state index contributed by atoms with van der Waals surface area (Å²) in [4.78, 5) is 19.1. The Hall–Kier alpha value is -2.45. The van der Waals surface area contributed by atoms with E-state index in [1.54, 1.807) is 6.07 Å². The summed E-state index contributed by atoms with van der Waals surface area (Å²) in [5.41, 5.74) is 1.75. The molecule has 1 aromatic heterocycles. The Kier molecular flexibility index (Phi) is 8.65. The number of aliphatic carboxylic acids is 2. The minimum atomic E-state index is -1.26. The third kappa shape index (κ3) is 5.98. The van der Waals surface area contributed by atoms with Gasteiger partial charge in [0.25, 0.3) is 0 Å². The predicted octanol–water partition coefficient (Wildman–Crippen LogP) is 3.42. The summed E-state index contributed by atoms with van der Waals surface area (Å²) < 4.78 is 15.1. The number of rotatable bonds is 4. The highest BCUT2D eigenvalue weighted by Gasteiger charge is 2.10. The van der Waals surface area contributed by atoms with Crippen molar-refractivity contribution in [3.8, 4) is 0 Å². The second-order valence-corrected chi connectivity index (χ2v) is 5.01. The molecule has 0 unspecified atom stereocenters. The topological polar surface area (TPSA) is 127 Å². The lowest BCUT2D eigenvalue weighted by atomic mass is 10.2. The number of hydrogen-bond acceptors (Lipinski definition) is 4. The molecule has 2 aromatic rings. The van der Waals surface area contributed by atoms with Crippen molar-refractivity contribution in [2.75, 3.05) is 0 Å². The molecule has 5 N–H and O–H groups in total. The second-order valence-electron chi connectivity index (χ2n) is 4.60. The first-order valence-corrected chi connectivity index (χ1v) is 7.10. The average Bonchev–Trinajstić information content (AvgIpc) is 2.75. The van der Waals surface area contributed by atoms with Gasteiger partial charge in [0.15, 0.2) is 0 Å². The summed E-state index contributed by atoms with van der Waals surface area (Å²) in [7, 11) is 0. The third-order valence-electron chi connectivity index (χ3n) is 2.78. The minimum absolute atomic E-state index is 0. The van der Waals surface area contributed by atoms with Gasteiger partial charge in [-0.2, -0.15) is 5.10 Å².